The Kier molecular flexibility index (Phi) is 6.80. The maximum absolute atomic E-state index is 13.7. The normalized spacial score (nSPS) is 22.1. The van der Waals surface area contributed by atoms with E-state index in [1.54, 1.807) is 34.2 Å². The lowest BCUT2D eigenvalue weighted by atomic mass is 10.1. The van der Waals surface area contributed by atoms with E-state index in [-0.39, 0.29) is 41.2 Å². The van der Waals surface area contributed by atoms with Gasteiger partial charge in [-0.25, -0.2) is 4.98 Å². The number of ether oxygens (including phenoxy) is 1. The summed E-state index contributed by atoms with van der Waals surface area (Å²) in [5, 5.41) is 2.76. The molecule has 1 unspecified atom stereocenters. The van der Waals surface area contributed by atoms with E-state index in [9.17, 15) is 19.2 Å². The van der Waals surface area contributed by atoms with Gasteiger partial charge in [0.2, 0.25) is 5.91 Å². The first-order valence-corrected chi connectivity index (χ1v) is 13.0. The fourth-order valence-electron chi connectivity index (χ4n) is 4.94. The van der Waals surface area contributed by atoms with Crippen molar-refractivity contribution in [1.29, 1.82) is 0 Å². The lowest BCUT2D eigenvalue weighted by Crippen LogP contribution is -2.57. The van der Waals surface area contributed by atoms with Crippen molar-refractivity contribution in [1.82, 2.24) is 19.6 Å². The molecular weight excluding hydrogens is 502 g/mol. The minimum atomic E-state index is -0.913. The van der Waals surface area contributed by atoms with Crippen molar-refractivity contribution in [2.75, 3.05) is 25.1 Å². The largest absolute Gasteiger partial charge is 0.469 e. The topological polar surface area (TPSA) is 113 Å². The second kappa shape index (κ2) is 10.0. The zero-order valence-electron chi connectivity index (χ0n) is 19.6. The molecule has 0 aromatic carbocycles. The Balaban J connectivity index is 1.63. The van der Waals surface area contributed by atoms with Crippen molar-refractivity contribution in [3.05, 3.63) is 45.2 Å². The summed E-state index contributed by atoms with van der Waals surface area (Å²) < 4.78 is 6.67. The van der Waals surface area contributed by atoms with Gasteiger partial charge in [-0.15, -0.1) is 0 Å². The Morgan fingerprint density at radius 1 is 1.28 bits per heavy atom. The van der Waals surface area contributed by atoms with Crippen LogP contribution in [0.25, 0.3) is 11.7 Å². The molecule has 10 nitrogen and oxygen atoms in total. The number of fused-ring (bicyclic) bond motifs is 1. The molecule has 0 bridgehead atoms. The fourth-order valence-corrected chi connectivity index (χ4v) is 6.32. The number of nitrogens with one attached hydrogen (secondary N) is 1. The average Bonchev–Trinajstić information content (AvgIpc) is 3.49. The lowest BCUT2D eigenvalue weighted by Gasteiger charge is -2.36. The molecule has 1 atom stereocenters. The second-order valence-electron chi connectivity index (χ2n) is 8.85. The van der Waals surface area contributed by atoms with Gasteiger partial charge in [0.1, 0.15) is 21.8 Å². The van der Waals surface area contributed by atoms with E-state index in [1.165, 1.54) is 29.3 Å². The monoisotopic (exact) mass is 527 g/mol. The number of rotatable bonds is 5. The zero-order valence-corrected chi connectivity index (χ0v) is 21.3. The number of carbonyl (C=O) groups is 3. The molecule has 1 aliphatic carbocycles. The number of aromatic nitrogens is 2. The second-order valence-corrected chi connectivity index (χ2v) is 10.5. The van der Waals surface area contributed by atoms with Gasteiger partial charge >= 0.3 is 5.97 Å². The number of thiocarbonyl (C=S) groups is 1. The number of nitrogens with zero attached hydrogens (tertiary/aromatic N) is 4. The van der Waals surface area contributed by atoms with Crippen LogP contribution in [0, 0.1) is 0 Å². The van der Waals surface area contributed by atoms with Crippen LogP contribution in [0.15, 0.2) is 34.1 Å². The van der Waals surface area contributed by atoms with Crippen LogP contribution in [0.1, 0.15) is 37.7 Å². The third-order valence-corrected chi connectivity index (χ3v) is 8.06. The fraction of sp³-hybridized carbons (Fsp3) is 0.417. The van der Waals surface area contributed by atoms with Crippen molar-refractivity contribution in [3.8, 4) is 0 Å². The predicted molar refractivity (Wildman–Crippen MR) is 140 cm³/mol. The van der Waals surface area contributed by atoms with E-state index >= 15 is 0 Å². The molecule has 1 saturated carbocycles. The highest BCUT2D eigenvalue weighted by Crippen LogP contribution is 2.38. The van der Waals surface area contributed by atoms with Gasteiger partial charge in [0.05, 0.1) is 24.0 Å². The minimum Gasteiger partial charge on any atom is -0.469 e. The minimum absolute atomic E-state index is 0.0777. The molecule has 3 aliphatic rings. The van der Waals surface area contributed by atoms with Gasteiger partial charge in [-0.2, -0.15) is 0 Å². The molecule has 2 aromatic heterocycles. The third-order valence-electron chi connectivity index (χ3n) is 6.73. The summed E-state index contributed by atoms with van der Waals surface area (Å²) in [6.45, 7) is 0.641. The predicted octanol–water partition coefficient (Wildman–Crippen LogP) is 1.71. The van der Waals surface area contributed by atoms with Crippen molar-refractivity contribution < 1.29 is 19.1 Å². The summed E-state index contributed by atoms with van der Waals surface area (Å²) in [5.74, 6) is -0.900. The number of amides is 2. The van der Waals surface area contributed by atoms with Gasteiger partial charge in [-0.3, -0.25) is 28.5 Å². The highest BCUT2D eigenvalue weighted by Gasteiger charge is 2.39. The Bertz CT molecular complexity index is 1350. The SMILES string of the molecule is COC(=O)CC1C(=O)NCCN1c1nc2ccccn2c(=O)c1/C=C1\SC(=S)N(C2CCCC2)C1=O. The van der Waals surface area contributed by atoms with Gasteiger partial charge in [-0.1, -0.05) is 42.9 Å². The van der Waals surface area contributed by atoms with Gasteiger partial charge < -0.3 is 15.0 Å². The Hall–Kier alpha value is -3.25. The smallest absolute Gasteiger partial charge is 0.308 e. The molecule has 188 valence electrons. The lowest BCUT2D eigenvalue weighted by molar-refractivity contribution is -0.143. The summed E-state index contributed by atoms with van der Waals surface area (Å²) in [4.78, 5) is 60.2. The number of piperazine rings is 1. The zero-order chi connectivity index (χ0) is 25.4. The van der Waals surface area contributed by atoms with Crippen LogP contribution in [0.4, 0.5) is 5.82 Å². The number of methoxy groups -OCH3 is 1. The summed E-state index contributed by atoms with van der Waals surface area (Å²) in [5.41, 5.74) is 0.163. The molecule has 2 aromatic rings. The van der Waals surface area contributed by atoms with E-state index in [4.69, 9.17) is 21.9 Å². The molecule has 2 saturated heterocycles. The first kappa shape index (κ1) is 24.4. The van der Waals surface area contributed by atoms with E-state index < -0.39 is 12.0 Å². The molecule has 36 heavy (non-hydrogen) atoms. The van der Waals surface area contributed by atoms with Crippen LogP contribution < -0.4 is 15.8 Å². The average molecular weight is 528 g/mol. The first-order valence-electron chi connectivity index (χ1n) is 11.8. The Morgan fingerprint density at radius 2 is 2.06 bits per heavy atom. The highest BCUT2D eigenvalue weighted by molar-refractivity contribution is 8.26. The Morgan fingerprint density at radius 3 is 2.81 bits per heavy atom. The van der Waals surface area contributed by atoms with Crippen LogP contribution in [0.2, 0.25) is 0 Å². The molecule has 0 radical (unpaired) electrons. The first-order chi connectivity index (χ1) is 17.4. The third kappa shape index (κ3) is 4.39. The van der Waals surface area contributed by atoms with E-state index in [0.29, 0.717) is 28.0 Å². The number of anilines is 1. The van der Waals surface area contributed by atoms with Crippen LogP contribution in [-0.4, -0.2) is 68.7 Å². The van der Waals surface area contributed by atoms with Crippen LogP contribution in [0.5, 0.6) is 0 Å². The Labute approximate surface area is 216 Å². The number of carbonyl (C=O) groups excluding carboxylic acids is 3. The van der Waals surface area contributed by atoms with E-state index in [0.717, 1.165) is 25.7 Å². The van der Waals surface area contributed by atoms with Crippen LogP contribution in [-0.2, 0) is 19.1 Å². The van der Waals surface area contributed by atoms with Crippen LogP contribution in [0.3, 0.4) is 0 Å². The molecular formula is C24H25N5O5S2. The molecule has 2 amide bonds. The van der Waals surface area contributed by atoms with Gasteiger partial charge in [-0.05, 0) is 31.1 Å². The maximum Gasteiger partial charge on any atom is 0.308 e. The summed E-state index contributed by atoms with van der Waals surface area (Å²) in [6, 6.07) is 4.33. The highest BCUT2D eigenvalue weighted by atomic mass is 32.2. The number of thioether (sulfide) groups is 1. The van der Waals surface area contributed by atoms with Crippen molar-refractivity contribution in [2.45, 2.75) is 44.2 Å². The van der Waals surface area contributed by atoms with E-state index in [2.05, 4.69) is 5.32 Å². The van der Waals surface area contributed by atoms with E-state index in [1.807, 2.05) is 0 Å². The van der Waals surface area contributed by atoms with Gasteiger partial charge in [0, 0.05) is 25.3 Å². The molecule has 12 heteroatoms. The molecule has 4 heterocycles. The van der Waals surface area contributed by atoms with Crippen molar-refractivity contribution >= 4 is 63.6 Å². The standard InChI is InChI=1S/C24H25N5O5S2/c1-34-19(30)13-16-21(31)25-9-11-27(16)20-15(22(32)28-10-5-4-8-18(28)26-20)12-17-23(33)29(24(35)36-17)14-6-2-3-7-14/h4-5,8,10,12,14,16H,2-3,6-7,9,11,13H2,1H3,(H,25,31)/b17-12-. The number of hydrogen-bond acceptors (Lipinski definition) is 9. The quantitative estimate of drug-likeness (QED) is 0.353. The molecule has 5 rings (SSSR count). The van der Waals surface area contributed by atoms with Crippen molar-refractivity contribution in [2.24, 2.45) is 0 Å². The van der Waals surface area contributed by atoms with Gasteiger partial charge in [0.25, 0.3) is 11.5 Å². The number of pyridine rings is 1. The maximum atomic E-state index is 13.7. The number of esters is 1. The van der Waals surface area contributed by atoms with Crippen molar-refractivity contribution in [3.63, 3.8) is 0 Å². The molecule has 3 fully saturated rings. The summed E-state index contributed by atoms with van der Waals surface area (Å²) in [7, 11) is 1.26. The molecule has 2 aliphatic heterocycles. The summed E-state index contributed by atoms with van der Waals surface area (Å²) >= 11 is 6.69. The van der Waals surface area contributed by atoms with Gasteiger partial charge in [0.15, 0.2) is 0 Å². The molecule has 0 spiro atoms. The van der Waals surface area contributed by atoms with Crippen LogP contribution >= 0.6 is 24.0 Å². The molecule has 1 N–H and O–H groups in total. The number of hydrogen-bond donors (Lipinski definition) is 1. The summed E-state index contributed by atoms with van der Waals surface area (Å²) in [6.07, 6.45) is 6.84.